The first-order chi connectivity index (χ1) is 15.6. The quantitative estimate of drug-likeness (QED) is 0.517. The van der Waals surface area contributed by atoms with E-state index in [9.17, 15) is 9.59 Å². The smallest absolute Gasteiger partial charge is 0.281 e. The normalized spacial score (nSPS) is 16.4. The van der Waals surface area contributed by atoms with Gasteiger partial charge in [0.25, 0.3) is 11.5 Å². The van der Waals surface area contributed by atoms with Gasteiger partial charge in [0, 0.05) is 29.6 Å². The molecule has 0 unspecified atom stereocenters. The molecular weight excluding hydrogens is 428 g/mol. The van der Waals surface area contributed by atoms with Crippen LogP contribution < -0.4 is 5.56 Å². The lowest BCUT2D eigenvalue weighted by molar-refractivity contribution is 0.0704. The Labute approximate surface area is 188 Å². The molecule has 2 aromatic carbocycles. The van der Waals surface area contributed by atoms with E-state index in [2.05, 4.69) is 15.3 Å². The van der Waals surface area contributed by atoms with Crippen molar-refractivity contribution >= 4 is 28.7 Å². The molecule has 2 aromatic heterocycles. The van der Waals surface area contributed by atoms with Crippen molar-refractivity contribution in [1.82, 2.24) is 29.9 Å². The van der Waals surface area contributed by atoms with Gasteiger partial charge in [-0.1, -0.05) is 47.1 Å². The summed E-state index contributed by atoms with van der Waals surface area (Å²) >= 11 is 6.09. The summed E-state index contributed by atoms with van der Waals surface area (Å²) in [6.07, 6.45) is 1.67. The fourth-order valence-electron chi connectivity index (χ4n) is 4.14. The highest BCUT2D eigenvalue weighted by atomic mass is 35.5. The van der Waals surface area contributed by atoms with Gasteiger partial charge in [-0.05, 0) is 42.7 Å². The molecule has 5 rings (SSSR count). The Balaban J connectivity index is 1.43. The van der Waals surface area contributed by atoms with Crippen LogP contribution in [-0.2, 0) is 6.54 Å². The molecule has 4 aromatic rings. The van der Waals surface area contributed by atoms with Crippen molar-refractivity contribution < 1.29 is 4.79 Å². The van der Waals surface area contributed by atoms with Crippen LogP contribution in [0.25, 0.3) is 11.2 Å². The minimum atomic E-state index is -0.325. The monoisotopic (exact) mass is 448 g/mol. The number of H-pyrrole nitrogens is 1. The predicted octanol–water partition coefficient (Wildman–Crippen LogP) is 3.24. The van der Waals surface area contributed by atoms with Crippen molar-refractivity contribution in [3.05, 3.63) is 86.9 Å². The molecule has 32 heavy (non-hydrogen) atoms. The van der Waals surface area contributed by atoms with Gasteiger partial charge in [0.1, 0.15) is 5.82 Å². The maximum absolute atomic E-state index is 12.9. The summed E-state index contributed by atoms with van der Waals surface area (Å²) in [5.74, 6) is 0.483. The topological polar surface area (TPSA) is 96.8 Å². The highest BCUT2D eigenvalue weighted by Gasteiger charge is 2.28. The lowest BCUT2D eigenvalue weighted by atomic mass is 9.96. The van der Waals surface area contributed by atoms with Crippen LogP contribution in [0.3, 0.4) is 0 Å². The SMILES string of the molecule is O=C(c1ccccc1)N1CCC[C@@H](c2nc3c(nnn3Cc3cccc(Cl)c3)c(=O)[nH]2)C1. The number of nitrogens with one attached hydrogen (secondary N) is 1. The number of carbonyl (C=O) groups excluding carboxylic acids is 1. The molecular formula is C23H21ClN6O2. The maximum atomic E-state index is 12.9. The van der Waals surface area contributed by atoms with E-state index in [0.29, 0.717) is 41.7 Å². The van der Waals surface area contributed by atoms with Gasteiger partial charge >= 0.3 is 0 Å². The van der Waals surface area contributed by atoms with Gasteiger partial charge in [0.05, 0.1) is 6.54 Å². The zero-order chi connectivity index (χ0) is 22.1. The second-order valence-corrected chi connectivity index (χ2v) is 8.39. The minimum absolute atomic E-state index is 0.00797. The first kappa shape index (κ1) is 20.4. The molecule has 1 fully saturated rings. The van der Waals surface area contributed by atoms with Crippen molar-refractivity contribution in [1.29, 1.82) is 0 Å². The summed E-state index contributed by atoms with van der Waals surface area (Å²) in [4.78, 5) is 35.0. The van der Waals surface area contributed by atoms with Crippen LogP contribution in [0.15, 0.2) is 59.4 Å². The molecule has 0 spiro atoms. The van der Waals surface area contributed by atoms with Crippen LogP contribution in [0.2, 0.25) is 5.02 Å². The second-order valence-electron chi connectivity index (χ2n) is 7.96. The van der Waals surface area contributed by atoms with Crippen molar-refractivity contribution in [2.75, 3.05) is 13.1 Å². The van der Waals surface area contributed by atoms with E-state index in [1.807, 2.05) is 53.4 Å². The first-order valence-corrected chi connectivity index (χ1v) is 10.9. The van der Waals surface area contributed by atoms with E-state index in [0.717, 1.165) is 18.4 Å². The number of rotatable bonds is 4. The van der Waals surface area contributed by atoms with Gasteiger partial charge in [-0.15, -0.1) is 5.10 Å². The predicted molar refractivity (Wildman–Crippen MR) is 121 cm³/mol. The van der Waals surface area contributed by atoms with E-state index in [4.69, 9.17) is 16.6 Å². The summed E-state index contributed by atoms with van der Waals surface area (Å²) in [6, 6.07) is 16.7. The Kier molecular flexibility index (Phi) is 5.45. The number of hydrogen-bond acceptors (Lipinski definition) is 5. The summed E-state index contributed by atoms with van der Waals surface area (Å²) in [5.41, 5.74) is 1.90. The molecule has 0 saturated carbocycles. The molecule has 1 aliphatic heterocycles. The second kappa shape index (κ2) is 8.55. The Morgan fingerprint density at radius 1 is 1.16 bits per heavy atom. The number of likely N-dealkylation sites (tertiary alicyclic amines) is 1. The van der Waals surface area contributed by atoms with Gasteiger partial charge in [0.15, 0.2) is 11.2 Å². The van der Waals surface area contributed by atoms with Crippen LogP contribution in [0, 0.1) is 0 Å². The van der Waals surface area contributed by atoms with Gasteiger partial charge < -0.3 is 9.88 Å². The molecule has 1 aliphatic rings. The Morgan fingerprint density at radius 3 is 2.81 bits per heavy atom. The number of fused-ring (bicyclic) bond motifs is 1. The number of nitrogens with zero attached hydrogens (tertiary/aromatic N) is 5. The molecule has 1 saturated heterocycles. The number of aromatic amines is 1. The number of hydrogen-bond donors (Lipinski definition) is 1. The average molecular weight is 449 g/mol. The molecule has 0 radical (unpaired) electrons. The Hall–Kier alpha value is -3.52. The molecule has 0 bridgehead atoms. The van der Waals surface area contributed by atoms with Crippen LogP contribution in [0.4, 0.5) is 0 Å². The third kappa shape index (κ3) is 4.01. The molecule has 1 atom stereocenters. The molecule has 162 valence electrons. The standard InChI is InChI=1S/C23H21ClN6O2/c24-18-10-4-6-15(12-18)13-30-21-19(27-28-30)22(31)26-20(25-21)17-9-5-11-29(14-17)23(32)16-7-2-1-3-8-16/h1-4,6-8,10,12,17H,5,9,11,13-14H2,(H,25,26,31)/t17-/m1/s1. The maximum Gasteiger partial charge on any atom is 0.281 e. The largest absolute Gasteiger partial charge is 0.338 e. The number of benzene rings is 2. The van der Waals surface area contributed by atoms with Crippen LogP contribution in [0.5, 0.6) is 0 Å². The van der Waals surface area contributed by atoms with E-state index < -0.39 is 0 Å². The number of amides is 1. The number of aromatic nitrogens is 5. The van der Waals surface area contributed by atoms with Crippen LogP contribution >= 0.6 is 11.6 Å². The van der Waals surface area contributed by atoms with Crippen LogP contribution in [0.1, 0.15) is 40.5 Å². The van der Waals surface area contributed by atoms with E-state index in [-0.39, 0.29) is 22.9 Å². The summed E-state index contributed by atoms with van der Waals surface area (Å²) in [6.45, 7) is 1.58. The number of carbonyl (C=O) groups is 1. The third-order valence-electron chi connectivity index (χ3n) is 5.73. The van der Waals surface area contributed by atoms with E-state index in [1.54, 1.807) is 10.7 Å². The van der Waals surface area contributed by atoms with Gasteiger partial charge in [-0.2, -0.15) is 0 Å². The van der Waals surface area contributed by atoms with Crippen molar-refractivity contribution in [3.63, 3.8) is 0 Å². The van der Waals surface area contributed by atoms with Crippen LogP contribution in [-0.4, -0.2) is 48.9 Å². The Bertz CT molecular complexity index is 1330. The fourth-order valence-corrected chi connectivity index (χ4v) is 4.35. The van der Waals surface area contributed by atoms with E-state index in [1.165, 1.54) is 0 Å². The fraction of sp³-hybridized carbons (Fsp3) is 0.261. The third-order valence-corrected chi connectivity index (χ3v) is 5.96. The van der Waals surface area contributed by atoms with Gasteiger partial charge in [-0.25, -0.2) is 9.67 Å². The zero-order valence-electron chi connectivity index (χ0n) is 17.2. The van der Waals surface area contributed by atoms with E-state index >= 15 is 0 Å². The number of piperidine rings is 1. The van der Waals surface area contributed by atoms with Crippen molar-refractivity contribution in [2.24, 2.45) is 0 Å². The summed E-state index contributed by atoms with van der Waals surface area (Å²) in [7, 11) is 0. The lowest BCUT2D eigenvalue weighted by Gasteiger charge is -2.32. The highest BCUT2D eigenvalue weighted by Crippen LogP contribution is 2.26. The minimum Gasteiger partial charge on any atom is -0.338 e. The molecule has 9 heteroatoms. The average Bonchev–Trinajstić information content (AvgIpc) is 3.22. The zero-order valence-corrected chi connectivity index (χ0v) is 18.0. The Morgan fingerprint density at radius 2 is 2.00 bits per heavy atom. The number of halogens is 1. The highest BCUT2D eigenvalue weighted by molar-refractivity contribution is 6.30. The van der Waals surface area contributed by atoms with Gasteiger partial charge in [-0.3, -0.25) is 9.59 Å². The van der Waals surface area contributed by atoms with Gasteiger partial charge in [0.2, 0.25) is 0 Å². The first-order valence-electron chi connectivity index (χ1n) is 10.5. The molecule has 0 aliphatic carbocycles. The van der Waals surface area contributed by atoms with Crippen molar-refractivity contribution in [2.45, 2.75) is 25.3 Å². The van der Waals surface area contributed by atoms with Crippen molar-refractivity contribution in [3.8, 4) is 0 Å². The molecule has 3 heterocycles. The summed E-state index contributed by atoms with van der Waals surface area (Å²) < 4.78 is 1.61. The molecule has 8 nitrogen and oxygen atoms in total. The lowest BCUT2D eigenvalue weighted by Crippen LogP contribution is -2.39. The molecule has 1 N–H and O–H groups in total. The molecule has 1 amide bonds. The summed E-state index contributed by atoms with van der Waals surface area (Å²) in [5, 5.41) is 8.77.